The summed E-state index contributed by atoms with van der Waals surface area (Å²) in [7, 11) is 0. The number of carbonyl (C=O) groups is 1. The molecule has 1 amide bonds. The summed E-state index contributed by atoms with van der Waals surface area (Å²) in [6.45, 7) is 0. The fourth-order valence-corrected chi connectivity index (χ4v) is 1.52. The van der Waals surface area contributed by atoms with Crippen molar-refractivity contribution in [3.63, 3.8) is 0 Å². The van der Waals surface area contributed by atoms with Crippen molar-refractivity contribution < 1.29 is 4.79 Å². The Kier molecular flexibility index (Phi) is 2.34. The van der Waals surface area contributed by atoms with Crippen molar-refractivity contribution in [2.45, 2.75) is 0 Å². The Balaban J connectivity index is 2.40. The molecule has 0 aromatic rings. The van der Waals surface area contributed by atoms with E-state index in [9.17, 15) is 4.79 Å². The van der Waals surface area contributed by atoms with E-state index in [0.29, 0.717) is 11.6 Å². The van der Waals surface area contributed by atoms with Gasteiger partial charge in [-0.1, -0.05) is 0 Å². The lowest BCUT2D eigenvalue weighted by atomic mass is 10.7. The van der Waals surface area contributed by atoms with Crippen LogP contribution >= 0.6 is 24.0 Å². The number of thioether (sulfide) groups is 1. The maximum Gasteiger partial charge on any atom is 0.251 e. The molecule has 1 aliphatic heterocycles. The van der Waals surface area contributed by atoms with E-state index >= 15 is 0 Å². The van der Waals surface area contributed by atoms with Crippen LogP contribution in [0.5, 0.6) is 0 Å². The predicted octanol–water partition coefficient (Wildman–Crippen LogP) is -0.733. The van der Waals surface area contributed by atoms with Crippen LogP contribution in [0.1, 0.15) is 0 Å². The Bertz CT molecular complexity index is 172. The number of carbonyl (C=O) groups excluding carboxylic acids is 1. The molecule has 56 valence electrons. The zero-order valence-corrected chi connectivity index (χ0v) is 6.80. The fourth-order valence-electron chi connectivity index (χ4n) is 0.602. The van der Waals surface area contributed by atoms with Crippen LogP contribution in [0.15, 0.2) is 0 Å². The van der Waals surface area contributed by atoms with Crippen LogP contribution in [-0.2, 0) is 4.79 Å². The number of amides is 1. The molecule has 0 aromatic carbocycles. The molecular weight excluding hydrogens is 170 g/mol. The second-order valence-corrected chi connectivity index (χ2v) is 3.17. The molecule has 10 heavy (non-hydrogen) atoms. The molecule has 0 saturated carbocycles. The molecule has 1 heterocycles. The summed E-state index contributed by atoms with van der Waals surface area (Å²) in [4.78, 5) is 10.8. The van der Waals surface area contributed by atoms with E-state index < -0.39 is 0 Å². The van der Waals surface area contributed by atoms with Gasteiger partial charge >= 0.3 is 0 Å². The van der Waals surface area contributed by atoms with E-state index in [1.165, 1.54) is 16.8 Å². The molecule has 0 bridgehead atoms. The third-order valence-electron chi connectivity index (χ3n) is 0.992. The van der Waals surface area contributed by atoms with Crippen molar-refractivity contribution in [1.82, 2.24) is 10.4 Å². The summed E-state index contributed by atoms with van der Waals surface area (Å²) in [5.41, 5.74) is 7.72. The van der Waals surface area contributed by atoms with Gasteiger partial charge in [-0.15, -0.1) is 11.8 Å². The van der Waals surface area contributed by atoms with Crippen molar-refractivity contribution in [3.8, 4) is 0 Å². The van der Waals surface area contributed by atoms with Crippen molar-refractivity contribution in [2.24, 2.45) is 5.73 Å². The largest absolute Gasteiger partial charge is 0.375 e. The Morgan fingerprint density at radius 2 is 2.60 bits per heavy atom. The fraction of sp³-hybridized carbons (Fsp3) is 0.500. The predicted molar refractivity (Wildman–Crippen MR) is 44.1 cm³/mol. The number of hydrazine groups is 1. The zero-order valence-electron chi connectivity index (χ0n) is 5.16. The van der Waals surface area contributed by atoms with Gasteiger partial charge in [0.1, 0.15) is 0 Å². The summed E-state index contributed by atoms with van der Waals surface area (Å²) in [6, 6.07) is 0. The minimum Gasteiger partial charge on any atom is -0.375 e. The highest BCUT2D eigenvalue weighted by atomic mass is 32.2. The van der Waals surface area contributed by atoms with Crippen molar-refractivity contribution >= 4 is 35.0 Å². The maximum absolute atomic E-state index is 10.8. The van der Waals surface area contributed by atoms with Crippen molar-refractivity contribution in [2.75, 3.05) is 11.6 Å². The minimum atomic E-state index is 0.0257. The molecule has 0 spiro atoms. The van der Waals surface area contributed by atoms with Crippen LogP contribution in [0.25, 0.3) is 0 Å². The highest BCUT2D eigenvalue weighted by Gasteiger charge is 2.20. The number of nitrogens with two attached hydrogens (primary N) is 1. The first-order valence-electron chi connectivity index (χ1n) is 2.64. The number of thiocarbonyl (C=S) groups is 1. The molecule has 1 fully saturated rings. The van der Waals surface area contributed by atoms with E-state index in [-0.39, 0.29) is 11.0 Å². The third kappa shape index (κ3) is 1.74. The molecule has 6 heteroatoms. The lowest BCUT2D eigenvalue weighted by molar-refractivity contribution is -0.128. The van der Waals surface area contributed by atoms with Crippen LogP contribution in [0.4, 0.5) is 0 Å². The summed E-state index contributed by atoms with van der Waals surface area (Å²) < 4.78 is 0. The van der Waals surface area contributed by atoms with E-state index in [0.717, 1.165) is 0 Å². The van der Waals surface area contributed by atoms with Crippen LogP contribution in [0.3, 0.4) is 0 Å². The minimum absolute atomic E-state index is 0.0257. The number of rotatable bonds is 1. The van der Waals surface area contributed by atoms with Gasteiger partial charge in [0.25, 0.3) is 5.91 Å². The first kappa shape index (κ1) is 7.62. The first-order chi connectivity index (χ1) is 4.70. The Morgan fingerprint density at radius 3 is 3.00 bits per heavy atom. The normalized spacial score (nSPS) is 17.6. The van der Waals surface area contributed by atoms with Gasteiger partial charge in [0, 0.05) is 0 Å². The molecule has 1 aliphatic rings. The topological polar surface area (TPSA) is 58.4 Å². The van der Waals surface area contributed by atoms with Crippen LogP contribution in [0.2, 0.25) is 0 Å². The molecule has 4 nitrogen and oxygen atoms in total. The van der Waals surface area contributed by atoms with Gasteiger partial charge < -0.3 is 5.73 Å². The monoisotopic (exact) mass is 177 g/mol. The smallest absolute Gasteiger partial charge is 0.251 e. The van der Waals surface area contributed by atoms with Crippen LogP contribution < -0.4 is 11.2 Å². The average molecular weight is 177 g/mol. The molecule has 0 aliphatic carbocycles. The van der Waals surface area contributed by atoms with E-state index in [2.05, 4.69) is 17.6 Å². The summed E-state index contributed by atoms with van der Waals surface area (Å²) in [6.07, 6.45) is 0. The molecule has 1 rings (SSSR count). The van der Waals surface area contributed by atoms with Gasteiger partial charge in [0.15, 0.2) is 5.11 Å². The summed E-state index contributed by atoms with van der Waals surface area (Å²) in [5.74, 6) is 1.16. The Labute approximate surface area is 68.1 Å². The van der Waals surface area contributed by atoms with Gasteiger partial charge in [-0.05, 0) is 12.2 Å². The van der Waals surface area contributed by atoms with Gasteiger partial charge in [-0.25, -0.2) is 5.01 Å². The van der Waals surface area contributed by atoms with Gasteiger partial charge in [0.05, 0.1) is 11.6 Å². The van der Waals surface area contributed by atoms with E-state index in [4.69, 9.17) is 5.73 Å². The highest BCUT2D eigenvalue weighted by Crippen LogP contribution is 2.11. The molecule has 0 unspecified atom stereocenters. The van der Waals surface area contributed by atoms with Crippen LogP contribution in [0, 0.1) is 0 Å². The lowest BCUT2D eigenvalue weighted by Gasteiger charge is -2.14. The number of nitrogens with zero attached hydrogens (tertiary/aromatic N) is 1. The Hall–Kier alpha value is -0.490. The maximum atomic E-state index is 10.8. The second-order valence-electron chi connectivity index (χ2n) is 1.78. The number of nitrogens with one attached hydrogen (secondary N) is 1. The summed E-state index contributed by atoms with van der Waals surface area (Å²) in [5, 5.41) is 1.54. The number of hydrogen-bond acceptors (Lipinski definition) is 3. The highest BCUT2D eigenvalue weighted by molar-refractivity contribution is 8.00. The van der Waals surface area contributed by atoms with Crippen molar-refractivity contribution in [1.29, 1.82) is 0 Å². The number of hydrogen-bond donors (Lipinski definition) is 2. The SMILES string of the molecule is NC(=S)NN1CSCC1=O. The van der Waals surface area contributed by atoms with Gasteiger partial charge in [-0.3, -0.25) is 10.2 Å². The molecule has 1 saturated heterocycles. The molecule has 3 N–H and O–H groups in total. The molecular formula is C4H7N3OS2. The van der Waals surface area contributed by atoms with E-state index in [1.807, 2.05) is 0 Å². The second kappa shape index (κ2) is 3.07. The Morgan fingerprint density at radius 1 is 1.90 bits per heavy atom. The van der Waals surface area contributed by atoms with Crippen LogP contribution in [-0.4, -0.2) is 27.7 Å². The standard InChI is InChI=1S/C4H7N3OS2/c5-4(9)6-7-2-10-1-3(7)8/h1-2H2,(H3,5,6,9). The zero-order chi connectivity index (χ0) is 7.56. The quantitative estimate of drug-likeness (QED) is 0.517. The summed E-state index contributed by atoms with van der Waals surface area (Å²) >= 11 is 6.08. The van der Waals surface area contributed by atoms with Gasteiger partial charge in [0.2, 0.25) is 0 Å². The van der Waals surface area contributed by atoms with E-state index in [1.54, 1.807) is 0 Å². The molecule has 0 radical (unpaired) electrons. The molecule has 0 atom stereocenters. The van der Waals surface area contributed by atoms with Gasteiger partial charge in [-0.2, -0.15) is 0 Å². The van der Waals surface area contributed by atoms with Crippen molar-refractivity contribution in [3.05, 3.63) is 0 Å². The third-order valence-corrected chi connectivity index (χ3v) is 1.98. The molecule has 0 aromatic heterocycles. The lowest BCUT2D eigenvalue weighted by Crippen LogP contribution is -2.45. The average Bonchev–Trinajstić information content (AvgIpc) is 2.15. The first-order valence-corrected chi connectivity index (χ1v) is 4.20.